The lowest BCUT2D eigenvalue weighted by atomic mass is 9.93. The molecule has 4 rings (SSSR count). The number of hydrogen-bond acceptors (Lipinski definition) is 4. The molecule has 1 aliphatic heterocycles. The summed E-state index contributed by atoms with van der Waals surface area (Å²) in [5.74, 6) is 0.628. The van der Waals surface area contributed by atoms with Gasteiger partial charge in [-0.25, -0.2) is 4.98 Å². The minimum atomic E-state index is -0.741. The summed E-state index contributed by atoms with van der Waals surface area (Å²) in [6, 6.07) is 5.72. The number of pyridine rings is 1. The largest absolute Gasteiger partial charge is 0.481 e. The predicted octanol–water partition coefficient (Wildman–Crippen LogP) is 2.84. The number of hydrogen-bond donors (Lipinski definition) is 2. The lowest BCUT2D eigenvalue weighted by Crippen LogP contribution is -2.23. The normalized spacial score (nSPS) is 24.3. The van der Waals surface area contributed by atoms with Crippen LogP contribution in [0.2, 0.25) is 0 Å². The molecule has 1 saturated heterocycles. The third-order valence-corrected chi connectivity index (χ3v) is 5.81. The smallest absolute Gasteiger partial charge is 0.308 e. The maximum Gasteiger partial charge on any atom is 0.308 e. The van der Waals surface area contributed by atoms with Crippen LogP contribution in [-0.2, 0) is 17.8 Å². The number of aromatic nitrogens is 3. The average Bonchev–Trinajstić information content (AvgIpc) is 3.38. The maximum absolute atomic E-state index is 11.7. The van der Waals surface area contributed by atoms with Gasteiger partial charge < -0.3 is 10.1 Å². The van der Waals surface area contributed by atoms with Crippen LogP contribution in [0.3, 0.4) is 0 Å². The molecule has 2 aromatic rings. The summed E-state index contributed by atoms with van der Waals surface area (Å²) < 4.78 is 0. The number of aromatic amines is 1. The quantitative estimate of drug-likeness (QED) is 0.833. The van der Waals surface area contributed by atoms with Crippen LogP contribution in [0.5, 0.6) is 0 Å². The van der Waals surface area contributed by atoms with Crippen molar-refractivity contribution in [2.24, 2.45) is 11.8 Å². The van der Waals surface area contributed by atoms with Crippen molar-refractivity contribution in [3.8, 4) is 0 Å². The zero-order valence-electron chi connectivity index (χ0n) is 15.0. The minimum Gasteiger partial charge on any atom is -0.481 e. The number of rotatable bonds is 6. The molecule has 6 nitrogen and oxygen atoms in total. The monoisotopic (exact) mass is 354 g/mol. The van der Waals surface area contributed by atoms with Gasteiger partial charge in [0, 0.05) is 55.8 Å². The fraction of sp³-hybridized carbons (Fsp3) is 0.550. The molecule has 0 bridgehead atoms. The number of aliphatic carboxylic acids is 1. The van der Waals surface area contributed by atoms with Crippen LogP contribution in [0.1, 0.15) is 48.8 Å². The van der Waals surface area contributed by atoms with Crippen molar-refractivity contribution in [3.63, 3.8) is 0 Å². The van der Waals surface area contributed by atoms with Crippen LogP contribution in [0.25, 0.3) is 0 Å². The molecule has 2 unspecified atom stereocenters. The third-order valence-electron chi connectivity index (χ3n) is 5.81. The SMILES string of the molecule is O=C(O)C1CN(Cc2cnc(CC3CCCC3)[nH]2)CC1c1ccccn1. The zero-order valence-corrected chi connectivity index (χ0v) is 15.0. The van der Waals surface area contributed by atoms with E-state index in [0.29, 0.717) is 19.6 Å². The van der Waals surface area contributed by atoms with E-state index in [1.807, 2.05) is 24.4 Å². The van der Waals surface area contributed by atoms with Crippen molar-refractivity contribution >= 4 is 5.97 Å². The van der Waals surface area contributed by atoms with Gasteiger partial charge in [-0.15, -0.1) is 0 Å². The first-order chi connectivity index (χ1) is 12.7. The predicted molar refractivity (Wildman–Crippen MR) is 97.6 cm³/mol. The second-order valence-electron chi connectivity index (χ2n) is 7.71. The Kier molecular flexibility index (Phi) is 5.02. The van der Waals surface area contributed by atoms with E-state index in [9.17, 15) is 9.90 Å². The van der Waals surface area contributed by atoms with Crippen LogP contribution < -0.4 is 0 Å². The van der Waals surface area contributed by atoms with Gasteiger partial charge in [0.05, 0.1) is 5.92 Å². The highest BCUT2D eigenvalue weighted by Crippen LogP contribution is 2.32. The molecule has 2 atom stereocenters. The molecule has 138 valence electrons. The number of carbonyl (C=O) groups is 1. The summed E-state index contributed by atoms with van der Waals surface area (Å²) in [6.45, 7) is 1.98. The molecule has 0 spiro atoms. The lowest BCUT2D eigenvalue weighted by Gasteiger charge is -2.14. The van der Waals surface area contributed by atoms with Gasteiger partial charge in [-0.3, -0.25) is 14.7 Å². The van der Waals surface area contributed by atoms with Crippen LogP contribution in [0.4, 0.5) is 0 Å². The van der Waals surface area contributed by atoms with Gasteiger partial charge in [0.1, 0.15) is 5.82 Å². The van der Waals surface area contributed by atoms with Gasteiger partial charge in [0.15, 0.2) is 0 Å². The van der Waals surface area contributed by atoms with Gasteiger partial charge in [-0.1, -0.05) is 31.7 Å². The molecular weight excluding hydrogens is 328 g/mol. The van der Waals surface area contributed by atoms with E-state index < -0.39 is 11.9 Å². The van der Waals surface area contributed by atoms with E-state index in [0.717, 1.165) is 29.6 Å². The molecule has 2 aromatic heterocycles. The molecule has 26 heavy (non-hydrogen) atoms. The maximum atomic E-state index is 11.7. The van der Waals surface area contributed by atoms with Crippen molar-refractivity contribution in [2.75, 3.05) is 13.1 Å². The average molecular weight is 354 g/mol. The first-order valence-electron chi connectivity index (χ1n) is 9.58. The first kappa shape index (κ1) is 17.2. The molecule has 0 radical (unpaired) electrons. The molecule has 1 aliphatic carbocycles. The Morgan fingerprint density at radius 2 is 2.08 bits per heavy atom. The second kappa shape index (κ2) is 7.58. The Morgan fingerprint density at radius 1 is 1.23 bits per heavy atom. The summed E-state index contributed by atoms with van der Waals surface area (Å²) in [7, 11) is 0. The minimum absolute atomic E-state index is 0.0606. The number of H-pyrrole nitrogens is 1. The van der Waals surface area contributed by atoms with Gasteiger partial charge in [0.2, 0.25) is 0 Å². The van der Waals surface area contributed by atoms with Gasteiger partial charge >= 0.3 is 5.97 Å². The molecule has 0 amide bonds. The van der Waals surface area contributed by atoms with E-state index in [1.165, 1.54) is 25.7 Å². The summed E-state index contributed by atoms with van der Waals surface area (Å²) in [4.78, 5) is 26.3. The van der Waals surface area contributed by atoms with Crippen molar-refractivity contribution in [1.29, 1.82) is 0 Å². The second-order valence-corrected chi connectivity index (χ2v) is 7.71. The summed E-state index contributed by atoms with van der Waals surface area (Å²) in [5.41, 5.74) is 1.94. The summed E-state index contributed by atoms with van der Waals surface area (Å²) >= 11 is 0. The lowest BCUT2D eigenvalue weighted by molar-refractivity contribution is -0.141. The molecule has 0 aromatic carbocycles. The number of nitrogens with zero attached hydrogens (tertiary/aromatic N) is 3. The Bertz CT molecular complexity index is 739. The van der Waals surface area contributed by atoms with Gasteiger partial charge in [0.25, 0.3) is 0 Å². The Balaban J connectivity index is 1.40. The molecule has 6 heteroatoms. The Morgan fingerprint density at radius 3 is 2.81 bits per heavy atom. The van der Waals surface area contributed by atoms with E-state index in [4.69, 9.17) is 0 Å². The Labute approximate surface area is 153 Å². The van der Waals surface area contributed by atoms with E-state index >= 15 is 0 Å². The number of likely N-dealkylation sites (tertiary alicyclic amines) is 1. The van der Waals surface area contributed by atoms with Crippen molar-refractivity contribution in [1.82, 2.24) is 19.9 Å². The van der Waals surface area contributed by atoms with E-state index in [2.05, 4.69) is 19.9 Å². The van der Waals surface area contributed by atoms with Crippen LogP contribution in [-0.4, -0.2) is 44.0 Å². The first-order valence-corrected chi connectivity index (χ1v) is 9.58. The van der Waals surface area contributed by atoms with Crippen molar-refractivity contribution < 1.29 is 9.90 Å². The van der Waals surface area contributed by atoms with Crippen LogP contribution >= 0.6 is 0 Å². The zero-order chi connectivity index (χ0) is 17.9. The van der Waals surface area contributed by atoms with Crippen LogP contribution in [0.15, 0.2) is 30.6 Å². The summed E-state index contributed by atoms with van der Waals surface area (Å²) in [6.07, 6.45) is 10.0. The number of carboxylic acid groups (broad SMARTS) is 1. The molecular formula is C20H26N4O2. The number of carboxylic acids is 1. The third kappa shape index (κ3) is 3.80. The Hall–Kier alpha value is -2.21. The van der Waals surface area contributed by atoms with E-state index in [1.54, 1.807) is 6.20 Å². The van der Waals surface area contributed by atoms with Crippen molar-refractivity contribution in [2.45, 2.75) is 44.6 Å². The molecule has 3 heterocycles. The standard InChI is InChI=1S/C20H26N4O2/c25-20(26)17-13-24(12-16(17)18-7-3-4-8-21-18)11-15-10-22-19(23-15)9-14-5-1-2-6-14/h3-4,7-8,10,14,16-17H,1-2,5-6,9,11-13H2,(H,22,23)(H,25,26). The molecule has 2 aliphatic rings. The fourth-order valence-electron chi connectivity index (χ4n) is 4.48. The van der Waals surface area contributed by atoms with Gasteiger partial charge in [-0.2, -0.15) is 0 Å². The fourth-order valence-corrected chi connectivity index (χ4v) is 4.48. The van der Waals surface area contributed by atoms with Crippen molar-refractivity contribution in [3.05, 3.63) is 47.8 Å². The molecule has 2 fully saturated rings. The highest BCUT2D eigenvalue weighted by Gasteiger charge is 2.39. The van der Waals surface area contributed by atoms with E-state index in [-0.39, 0.29) is 5.92 Å². The highest BCUT2D eigenvalue weighted by atomic mass is 16.4. The molecule has 1 saturated carbocycles. The molecule has 2 N–H and O–H groups in total. The number of imidazole rings is 1. The van der Waals surface area contributed by atoms with Crippen LogP contribution in [0, 0.1) is 11.8 Å². The van der Waals surface area contributed by atoms with Gasteiger partial charge in [-0.05, 0) is 18.1 Å². The topological polar surface area (TPSA) is 82.1 Å². The highest BCUT2D eigenvalue weighted by molar-refractivity contribution is 5.72. The summed E-state index contributed by atoms with van der Waals surface area (Å²) in [5, 5.41) is 9.62. The number of nitrogens with one attached hydrogen (secondary N) is 1.